The largest absolute Gasteiger partial charge is 0.330 e. The standard InChI is InChI=1S/C12H22N4O/c1-3-7-16-12(14-9-15-16)8-11(17)10(2)5-4-6-13/h9-10H,3-8,13H2,1-2H3. The van der Waals surface area contributed by atoms with Gasteiger partial charge in [0.15, 0.2) is 0 Å². The number of aromatic nitrogens is 3. The van der Waals surface area contributed by atoms with Crippen LogP contribution in [0.3, 0.4) is 0 Å². The molecule has 0 amide bonds. The molecule has 0 fully saturated rings. The molecule has 96 valence electrons. The molecule has 0 aliphatic rings. The minimum absolute atomic E-state index is 0.0605. The number of hydrogen-bond donors (Lipinski definition) is 1. The summed E-state index contributed by atoms with van der Waals surface area (Å²) in [6, 6.07) is 0. The summed E-state index contributed by atoms with van der Waals surface area (Å²) in [6.07, 6.45) is 4.65. The first kappa shape index (κ1) is 13.8. The molecule has 1 heterocycles. The molecule has 0 bridgehead atoms. The van der Waals surface area contributed by atoms with Crippen molar-refractivity contribution in [2.45, 2.75) is 46.1 Å². The normalized spacial score (nSPS) is 12.6. The lowest BCUT2D eigenvalue weighted by molar-refractivity contribution is -0.122. The highest BCUT2D eigenvalue weighted by molar-refractivity contribution is 5.82. The summed E-state index contributed by atoms with van der Waals surface area (Å²) in [5, 5.41) is 4.11. The van der Waals surface area contributed by atoms with Crippen LogP contribution in [0, 0.1) is 5.92 Å². The zero-order chi connectivity index (χ0) is 12.7. The van der Waals surface area contributed by atoms with Crippen LogP contribution < -0.4 is 5.73 Å². The van der Waals surface area contributed by atoms with Crippen LogP contribution in [0.25, 0.3) is 0 Å². The number of nitrogens with two attached hydrogens (primary N) is 1. The topological polar surface area (TPSA) is 73.8 Å². The smallest absolute Gasteiger partial charge is 0.143 e. The number of carbonyl (C=O) groups excluding carboxylic acids is 1. The van der Waals surface area contributed by atoms with Crippen LogP contribution >= 0.6 is 0 Å². The molecule has 0 saturated carbocycles. The summed E-state index contributed by atoms with van der Waals surface area (Å²) in [6.45, 7) is 5.50. The third kappa shape index (κ3) is 4.26. The van der Waals surface area contributed by atoms with E-state index in [-0.39, 0.29) is 11.7 Å². The lowest BCUT2D eigenvalue weighted by Gasteiger charge is -2.09. The highest BCUT2D eigenvalue weighted by atomic mass is 16.1. The maximum absolute atomic E-state index is 12.0. The van der Waals surface area contributed by atoms with Crippen molar-refractivity contribution in [1.29, 1.82) is 0 Å². The van der Waals surface area contributed by atoms with Gasteiger partial charge in [-0.3, -0.25) is 4.79 Å². The average molecular weight is 238 g/mol. The Hall–Kier alpha value is -1.23. The molecule has 0 saturated heterocycles. The van der Waals surface area contributed by atoms with Crippen LogP contribution in [0.15, 0.2) is 6.33 Å². The van der Waals surface area contributed by atoms with Crippen LogP contribution in [0.1, 0.15) is 38.9 Å². The van der Waals surface area contributed by atoms with Crippen molar-refractivity contribution in [3.8, 4) is 0 Å². The molecule has 17 heavy (non-hydrogen) atoms. The third-order valence-electron chi connectivity index (χ3n) is 2.85. The summed E-state index contributed by atoms with van der Waals surface area (Å²) in [5.41, 5.74) is 5.44. The van der Waals surface area contributed by atoms with E-state index in [1.54, 1.807) is 0 Å². The van der Waals surface area contributed by atoms with Gasteiger partial charge < -0.3 is 5.73 Å². The van der Waals surface area contributed by atoms with Crippen molar-refractivity contribution in [2.75, 3.05) is 6.54 Å². The Bertz CT molecular complexity index is 348. The number of hydrogen-bond acceptors (Lipinski definition) is 4. The molecule has 5 heteroatoms. The van der Waals surface area contributed by atoms with Crippen molar-refractivity contribution < 1.29 is 4.79 Å². The first-order valence-corrected chi connectivity index (χ1v) is 6.28. The van der Waals surface area contributed by atoms with Gasteiger partial charge in [0.2, 0.25) is 0 Å². The fourth-order valence-electron chi connectivity index (χ4n) is 1.74. The molecule has 2 N–H and O–H groups in total. The van der Waals surface area contributed by atoms with Gasteiger partial charge in [0.25, 0.3) is 0 Å². The number of rotatable bonds is 8. The number of aryl methyl sites for hydroxylation is 1. The van der Waals surface area contributed by atoms with Crippen molar-refractivity contribution in [1.82, 2.24) is 14.8 Å². The first-order valence-electron chi connectivity index (χ1n) is 6.28. The van der Waals surface area contributed by atoms with Crippen LogP contribution in [-0.2, 0) is 17.8 Å². The molecule has 1 aromatic rings. The van der Waals surface area contributed by atoms with Crippen molar-refractivity contribution in [2.24, 2.45) is 11.7 Å². The molecular weight excluding hydrogens is 216 g/mol. The number of nitrogens with zero attached hydrogens (tertiary/aromatic N) is 3. The predicted molar refractivity (Wildman–Crippen MR) is 66.5 cm³/mol. The number of Topliss-reactive ketones (excluding diaryl/α,β-unsaturated/α-hetero) is 1. The zero-order valence-corrected chi connectivity index (χ0v) is 10.7. The summed E-state index contributed by atoms with van der Waals surface area (Å²) >= 11 is 0. The van der Waals surface area contributed by atoms with E-state index in [0.29, 0.717) is 13.0 Å². The quantitative estimate of drug-likeness (QED) is 0.738. The van der Waals surface area contributed by atoms with E-state index in [4.69, 9.17) is 5.73 Å². The summed E-state index contributed by atoms with van der Waals surface area (Å²) < 4.78 is 1.81. The average Bonchev–Trinajstić information content (AvgIpc) is 2.74. The Labute approximate surface area is 102 Å². The SMILES string of the molecule is CCCn1ncnc1CC(=O)C(C)CCCN. The van der Waals surface area contributed by atoms with Gasteiger partial charge in [-0.25, -0.2) is 9.67 Å². The molecular formula is C12H22N4O. The molecule has 1 atom stereocenters. The van der Waals surface area contributed by atoms with Gasteiger partial charge in [0.1, 0.15) is 17.9 Å². The molecule has 0 spiro atoms. The minimum Gasteiger partial charge on any atom is -0.330 e. The number of ketones is 1. The summed E-state index contributed by atoms with van der Waals surface area (Å²) in [5.74, 6) is 1.06. The van der Waals surface area contributed by atoms with Gasteiger partial charge in [0.05, 0.1) is 6.42 Å². The Balaban J connectivity index is 2.52. The van der Waals surface area contributed by atoms with Crippen molar-refractivity contribution in [3.05, 3.63) is 12.2 Å². The predicted octanol–water partition coefficient (Wildman–Crippen LogP) is 1.17. The number of carbonyl (C=O) groups is 1. The van der Waals surface area contributed by atoms with E-state index < -0.39 is 0 Å². The van der Waals surface area contributed by atoms with Gasteiger partial charge in [-0.2, -0.15) is 5.10 Å². The fourth-order valence-corrected chi connectivity index (χ4v) is 1.74. The highest BCUT2D eigenvalue weighted by Gasteiger charge is 2.16. The highest BCUT2D eigenvalue weighted by Crippen LogP contribution is 2.09. The minimum atomic E-state index is 0.0605. The second-order valence-electron chi connectivity index (χ2n) is 4.37. The Morgan fingerprint density at radius 2 is 2.35 bits per heavy atom. The third-order valence-corrected chi connectivity index (χ3v) is 2.85. The van der Waals surface area contributed by atoms with E-state index >= 15 is 0 Å². The van der Waals surface area contributed by atoms with Crippen molar-refractivity contribution in [3.63, 3.8) is 0 Å². The molecule has 5 nitrogen and oxygen atoms in total. The molecule has 0 aliphatic carbocycles. The molecule has 0 radical (unpaired) electrons. The first-order chi connectivity index (χ1) is 8.19. The molecule has 1 rings (SSSR count). The van der Waals surface area contributed by atoms with Gasteiger partial charge in [-0.05, 0) is 25.8 Å². The second kappa shape index (κ2) is 7.17. The summed E-state index contributed by atoms with van der Waals surface area (Å²) in [4.78, 5) is 16.1. The maximum Gasteiger partial charge on any atom is 0.143 e. The van der Waals surface area contributed by atoms with Crippen molar-refractivity contribution >= 4 is 5.78 Å². The van der Waals surface area contributed by atoms with E-state index in [1.807, 2.05) is 11.6 Å². The maximum atomic E-state index is 12.0. The molecule has 0 aromatic carbocycles. The Kier molecular flexibility index (Phi) is 5.83. The van der Waals surface area contributed by atoms with Gasteiger partial charge in [0, 0.05) is 12.5 Å². The van der Waals surface area contributed by atoms with Crippen LogP contribution in [0.5, 0.6) is 0 Å². The van der Waals surface area contributed by atoms with Crippen LogP contribution in [-0.4, -0.2) is 27.1 Å². The van der Waals surface area contributed by atoms with E-state index in [1.165, 1.54) is 6.33 Å². The van der Waals surface area contributed by atoms with E-state index in [9.17, 15) is 4.79 Å². The molecule has 1 unspecified atom stereocenters. The second-order valence-corrected chi connectivity index (χ2v) is 4.37. The van der Waals surface area contributed by atoms with E-state index in [2.05, 4.69) is 17.0 Å². The van der Waals surface area contributed by atoms with Gasteiger partial charge in [-0.15, -0.1) is 0 Å². The molecule has 0 aliphatic heterocycles. The van der Waals surface area contributed by atoms with Gasteiger partial charge >= 0.3 is 0 Å². The van der Waals surface area contributed by atoms with Gasteiger partial charge in [-0.1, -0.05) is 13.8 Å². The Morgan fingerprint density at radius 3 is 3.00 bits per heavy atom. The monoisotopic (exact) mass is 238 g/mol. The van der Waals surface area contributed by atoms with Crippen LogP contribution in [0.4, 0.5) is 0 Å². The molecule has 1 aromatic heterocycles. The summed E-state index contributed by atoms with van der Waals surface area (Å²) in [7, 11) is 0. The van der Waals surface area contributed by atoms with Crippen LogP contribution in [0.2, 0.25) is 0 Å². The van der Waals surface area contributed by atoms with E-state index in [0.717, 1.165) is 31.6 Å². The lowest BCUT2D eigenvalue weighted by atomic mass is 9.98. The lowest BCUT2D eigenvalue weighted by Crippen LogP contribution is -2.18. The Morgan fingerprint density at radius 1 is 1.59 bits per heavy atom. The zero-order valence-electron chi connectivity index (χ0n) is 10.7. The fraction of sp³-hybridized carbons (Fsp3) is 0.750.